The van der Waals surface area contributed by atoms with Crippen LogP contribution in [0.4, 0.5) is 5.69 Å². The smallest absolute Gasteiger partial charge is 0.293 e. The lowest BCUT2D eigenvalue weighted by Crippen LogP contribution is -2.30. The molecule has 0 fully saturated rings. The zero-order valence-electron chi connectivity index (χ0n) is 24.3. The van der Waals surface area contributed by atoms with Crippen molar-refractivity contribution in [2.24, 2.45) is 5.92 Å². The summed E-state index contributed by atoms with van der Waals surface area (Å²) in [6.45, 7) is 1.15. The van der Waals surface area contributed by atoms with E-state index in [9.17, 15) is 9.90 Å². The predicted molar refractivity (Wildman–Crippen MR) is 169 cm³/mol. The fourth-order valence-electron chi connectivity index (χ4n) is 5.52. The number of rotatable bonds is 8. The number of phenols is 1. The largest absolute Gasteiger partial charge is 0.502 e. The fourth-order valence-corrected chi connectivity index (χ4v) is 6.49. The average molecular weight is 613 g/mol. The molecule has 5 aromatic rings. The molecule has 2 unspecified atom stereocenters. The van der Waals surface area contributed by atoms with Crippen molar-refractivity contribution in [3.8, 4) is 39.3 Å². The Hall–Kier alpha value is -4.96. The van der Waals surface area contributed by atoms with Gasteiger partial charge in [0.1, 0.15) is 5.01 Å². The van der Waals surface area contributed by atoms with Crippen LogP contribution >= 0.6 is 11.3 Å². The molecule has 2 N–H and O–H groups in total. The number of nitrogens with one attached hydrogen (secondary N) is 1. The number of para-hydroxylation sites is 2. The molecule has 0 spiro atoms. The van der Waals surface area contributed by atoms with Crippen molar-refractivity contribution in [1.29, 1.82) is 0 Å². The second-order valence-electron chi connectivity index (χ2n) is 10.3. The molecule has 0 radical (unpaired) electrons. The Morgan fingerprint density at radius 1 is 0.977 bits per heavy atom. The molecule has 2 aliphatic rings. The number of carbonyl (C=O) groups is 1. The maximum Gasteiger partial charge on any atom is 0.293 e. The summed E-state index contributed by atoms with van der Waals surface area (Å²) in [7, 11) is 2.99. The van der Waals surface area contributed by atoms with E-state index in [2.05, 4.69) is 47.8 Å². The Morgan fingerprint density at radius 3 is 2.41 bits per heavy atom. The Balaban J connectivity index is 0.000000265. The van der Waals surface area contributed by atoms with Crippen LogP contribution in [0, 0.1) is 5.92 Å². The maximum absolute atomic E-state index is 10.9. The van der Waals surface area contributed by atoms with E-state index < -0.39 is 0 Å². The average Bonchev–Trinajstić information content (AvgIpc) is 3.71. The number of ether oxygens (including phenoxy) is 5. The highest BCUT2D eigenvalue weighted by molar-refractivity contribution is 7.21. The minimum absolute atomic E-state index is 0.00324. The topological polar surface area (TPSA) is 108 Å². The summed E-state index contributed by atoms with van der Waals surface area (Å²) in [6.07, 6.45) is 1.83. The molecule has 1 aliphatic heterocycles. The third kappa shape index (κ3) is 6.07. The SMILES string of the molecule is COc1cccc(OC)c1O.O=COCC1CCc2cc3c(cc2C1Nc1ccc(-c2nc4ccccc4s2)cc1)OCO3. The summed E-state index contributed by atoms with van der Waals surface area (Å²) >= 11 is 1.70. The summed E-state index contributed by atoms with van der Waals surface area (Å²) in [5.74, 6) is 2.61. The lowest BCUT2D eigenvalue weighted by Gasteiger charge is -2.34. The molecule has 0 amide bonds. The number of methoxy groups -OCH3 is 2. The van der Waals surface area contributed by atoms with E-state index >= 15 is 0 Å². The number of anilines is 1. The summed E-state index contributed by atoms with van der Waals surface area (Å²) < 4.78 is 27.3. The number of fused-ring (bicyclic) bond motifs is 3. The van der Waals surface area contributed by atoms with Crippen LogP contribution < -0.4 is 24.3 Å². The quantitative estimate of drug-likeness (QED) is 0.179. The van der Waals surface area contributed by atoms with Crippen LogP contribution in [0.3, 0.4) is 0 Å². The zero-order chi connectivity index (χ0) is 30.5. The third-order valence-electron chi connectivity index (χ3n) is 7.75. The molecule has 4 aromatic carbocycles. The molecule has 44 heavy (non-hydrogen) atoms. The first-order chi connectivity index (χ1) is 21.6. The molecule has 0 saturated heterocycles. The number of aromatic hydroxyl groups is 1. The highest BCUT2D eigenvalue weighted by atomic mass is 32.1. The number of aryl methyl sites for hydroxylation is 1. The summed E-state index contributed by atoms with van der Waals surface area (Å²) in [6, 6.07) is 25.8. The highest BCUT2D eigenvalue weighted by Gasteiger charge is 2.32. The number of benzene rings is 4. The molecule has 1 aromatic heterocycles. The van der Waals surface area contributed by atoms with Gasteiger partial charge in [-0.05, 0) is 84.6 Å². The molecule has 0 saturated carbocycles. The van der Waals surface area contributed by atoms with Gasteiger partial charge in [0, 0.05) is 17.2 Å². The lowest BCUT2D eigenvalue weighted by molar-refractivity contribution is -0.130. The van der Waals surface area contributed by atoms with Crippen molar-refractivity contribution in [3.63, 3.8) is 0 Å². The van der Waals surface area contributed by atoms with Gasteiger partial charge in [0.15, 0.2) is 23.0 Å². The van der Waals surface area contributed by atoms with Crippen LogP contribution in [0.15, 0.2) is 78.9 Å². The summed E-state index contributed by atoms with van der Waals surface area (Å²) in [4.78, 5) is 15.6. The second kappa shape index (κ2) is 13.1. The van der Waals surface area contributed by atoms with Crippen LogP contribution in [0.25, 0.3) is 20.8 Å². The van der Waals surface area contributed by atoms with E-state index in [1.54, 1.807) is 29.5 Å². The first-order valence-corrected chi connectivity index (χ1v) is 15.0. The molecular weight excluding hydrogens is 580 g/mol. The van der Waals surface area contributed by atoms with Crippen molar-refractivity contribution in [2.75, 3.05) is 32.9 Å². The standard InChI is InChI=1S/C26H22N2O4S.C8H10O3/c29-14-30-13-18-6-5-17-11-22-23(32-15-31-22)12-20(17)25(18)27-19-9-7-16(8-10-19)26-28-21-3-1-2-4-24(21)33-26;1-10-6-4-3-5-7(11-2)8(6)9/h1-4,7-12,14,18,25,27H,5-6,13,15H2;3-5,9H,1-2H3. The van der Waals surface area contributed by atoms with Gasteiger partial charge in [-0.25, -0.2) is 4.98 Å². The predicted octanol–water partition coefficient (Wildman–Crippen LogP) is 6.99. The molecule has 10 heteroatoms. The van der Waals surface area contributed by atoms with Gasteiger partial charge in [-0.15, -0.1) is 11.3 Å². The zero-order valence-corrected chi connectivity index (χ0v) is 25.1. The van der Waals surface area contributed by atoms with Gasteiger partial charge >= 0.3 is 0 Å². The summed E-state index contributed by atoms with van der Waals surface area (Å²) in [5.41, 5.74) is 5.53. The van der Waals surface area contributed by atoms with Crippen LogP contribution in [-0.4, -0.2) is 44.2 Å². The van der Waals surface area contributed by atoms with Crippen LogP contribution in [0.5, 0.6) is 28.7 Å². The van der Waals surface area contributed by atoms with Crippen LogP contribution in [0.2, 0.25) is 0 Å². The molecule has 0 bridgehead atoms. The number of hydrogen-bond acceptors (Lipinski definition) is 10. The maximum atomic E-state index is 10.9. The number of nitrogens with zero attached hydrogens (tertiary/aromatic N) is 1. The van der Waals surface area contributed by atoms with Crippen molar-refractivity contribution < 1.29 is 33.6 Å². The molecule has 2 heterocycles. The van der Waals surface area contributed by atoms with Crippen molar-refractivity contribution in [1.82, 2.24) is 4.98 Å². The molecule has 2 atom stereocenters. The van der Waals surface area contributed by atoms with E-state index in [-0.39, 0.29) is 24.5 Å². The van der Waals surface area contributed by atoms with E-state index in [1.807, 2.05) is 18.2 Å². The number of phenolic OH excluding ortho intramolecular Hbond substituents is 1. The highest BCUT2D eigenvalue weighted by Crippen LogP contribution is 2.44. The van der Waals surface area contributed by atoms with Gasteiger partial charge in [0.05, 0.1) is 37.1 Å². The lowest BCUT2D eigenvalue weighted by atomic mass is 9.79. The number of carbonyl (C=O) groups excluding carboxylic acids is 1. The van der Waals surface area contributed by atoms with Gasteiger partial charge in [-0.3, -0.25) is 4.79 Å². The summed E-state index contributed by atoms with van der Waals surface area (Å²) in [5, 5.41) is 14.0. The van der Waals surface area contributed by atoms with Gasteiger partial charge in [-0.1, -0.05) is 18.2 Å². The Labute approximate surface area is 258 Å². The molecular formula is C34H32N2O7S. The van der Waals surface area contributed by atoms with Gasteiger partial charge in [-0.2, -0.15) is 0 Å². The van der Waals surface area contributed by atoms with E-state index in [4.69, 9.17) is 28.7 Å². The molecule has 1 aliphatic carbocycles. The first kappa shape index (κ1) is 29.1. The van der Waals surface area contributed by atoms with Crippen LogP contribution in [0.1, 0.15) is 23.6 Å². The first-order valence-electron chi connectivity index (χ1n) is 14.2. The monoisotopic (exact) mass is 612 g/mol. The van der Waals surface area contributed by atoms with Crippen molar-refractivity contribution in [2.45, 2.75) is 18.9 Å². The Morgan fingerprint density at radius 2 is 1.70 bits per heavy atom. The minimum atomic E-state index is -0.00324. The Kier molecular flexibility index (Phi) is 8.69. The normalized spacial score (nSPS) is 16.3. The van der Waals surface area contributed by atoms with Gasteiger partial charge in [0.2, 0.25) is 12.5 Å². The molecule has 226 valence electrons. The van der Waals surface area contributed by atoms with E-state index in [0.717, 1.165) is 46.1 Å². The fraction of sp³-hybridized carbons (Fsp3) is 0.235. The van der Waals surface area contributed by atoms with Crippen molar-refractivity contribution in [3.05, 3.63) is 90.0 Å². The van der Waals surface area contributed by atoms with E-state index in [1.165, 1.54) is 30.0 Å². The Bertz CT molecular complexity index is 1700. The third-order valence-corrected chi connectivity index (χ3v) is 8.84. The molecule has 7 rings (SSSR count). The van der Waals surface area contributed by atoms with Crippen molar-refractivity contribution >= 4 is 33.7 Å². The number of hydrogen-bond donors (Lipinski definition) is 2. The minimum Gasteiger partial charge on any atom is -0.502 e. The van der Waals surface area contributed by atoms with Gasteiger partial charge in [0.25, 0.3) is 6.47 Å². The number of thiazole rings is 1. The van der Waals surface area contributed by atoms with Gasteiger partial charge < -0.3 is 34.1 Å². The van der Waals surface area contributed by atoms with E-state index in [0.29, 0.717) is 24.6 Å². The molecule has 9 nitrogen and oxygen atoms in total. The second-order valence-corrected chi connectivity index (χ2v) is 11.4. The number of aromatic nitrogens is 1. The van der Waals surface area contributed by atoms with Crippen LogP contribution in [-0.2, 0) is 16.0 Å².